The Bertz CT molecular complexity index is 365. The Labute approximate surface area is 121 Å². The fraction of sp³-hybridized carbons (Fsp3) is 0.857. The predicted molar refractivity (Wildman–Crippen MR) is 75.6 cm³/mol. The third kappa shape index (κ3) is 3.77. The van der Waals surface area contributed by atoms with Crippen LogP contribution in [0.2, 0.25) is 0 Å². The van der Waals surface area contributed by atoms with Gasteiger partial charge in [0.15, 0.2) is 0 Å². The molecule has 2 rings (SSSR count). The van der Waals surface area contributed by atoms with Crippen molar-refractivity contribution in [2.45, 2.75) is 59.3 Å². The van der Waals surface area contributed by atoms with Crippen molar-refractivity contribution < 1.29 is 19.1 Å². The fourth-order valence-electron chi connectivity index (χ4n) is 2.24. The van der Waals surface area contributed by atoms with Gasteiger partial charge in [-0.25, -0.2) is 9.59 Å². The lowest BCUT2D eigenvalue weighted by atomic mass is 10.1. The van der Waals surface area contributed by atoms with Crippen LogP contribution in [0.5, 0.6) is 0 Å². The zero-order valence-corrected chi connectivity index (χ0v) is 13.3. The molecule has 2 amide bonds. The Morgan fingerprint density at radius 2 is 1.90 bits per heavy atom. The van der Waals surface area contributed by atoms with Gasteiger partial charge in [-0.1, -0.05) is 13.8 Å². The Kier molecular flexibility index (Phi) is 5.25. The standard InChI is InChI=1S/C12H20N2O4.C2H6/c1-8-9-7-13(10(15)18-12(2,3)4)5-6-14(9)11(16)17-8;1-2/h8-9H,5-7H2,1-4H3;1-2H3/t8?,9-;/m0./s1. The number of rotatable bonds is 0. The summed E-state index contributed by atoms with van der Waals surface area (Å²) in [4.78, 5) is 26.8. The molecule has 6 heteroatoms. The highest BCUT2D eigenvalue weighted by Gasteiger charge is 2.44. The molecule has 2 aliphatic rings. The largest absolute Gasteiger partial charge is 0.444 e. The number of hydrogen-bond donors (Lipinski definition) is 0. The van der Waals surface area contributed by atoms with Crippen LogP contribution in [0.4, 0.5) is 9.59 Å². The topological polar surface area (TPSA) is 59.1 Å². The van der Waals surface area contributed by atoms with E-state index in [2.05, 4.69) is 0 Å². The van der Waals surface area contributed by atoms with E-state index < -0.39 is 5.60 Å². The van der Waals surface area contributed by atoms with Crippen LogP contribution in [-0.4, -0.2) is 59.4 Å². The molecule has 2 aliphatic heterocycles. The molecule has 0 bridgehead atoms. The molecule has 2 fully saturated rings. The van der Waals surface area contributed by atoms with Crippen molar-refractivity contribution in [3.05, 3.63) is 0 Å². The molecular formula is C14H26N2O4. The van der Waals surface area contributed by atoms with Crippen LogP contribution < -0.4 is 0 Å². The first-order valence-electron chi connectivity index (χ1n) is 7.23. The molecule has 0 N–H and O–H groups in total. The van der Waals surface area contributed by atoms with Crippen molar-refractivity contribution in [1.29, 1.82) is 0 Å². The van der Waals surface area contributed by atoms with E-state index in [-0.39, 0.29) is 24.3 Å². The lowest BCUT2D eigenvalue weighted by molar-refractivity contribution is 0.0106. The zero-order chi connectivity index (χ0) is 15.5. The number of amides is 2. The molecule has 116 valence electrons. The second-order valence-corrected chi connectivity index (χ2v) is 5.78. The molecule has 0 aromatic rings. The Balaban J connectivity index is 0.000000956. The van der Waals surface area contributed by atoms with E-state index in [9.17, 15) is 9.59 Å². The van der Waals surface area contributed by atoms with E-state index in [0.717, 1.165) is 0 Å². The molecule has 2 atom stereocenters. The highest BCUT2D eigenvalue weighted by Crippen LogP contribution is 2.24. The minimum atomic E-state index is -0.498. The molecule has 20 heavy (non-hydrogen) atoms. The summed E-state index contributed by atoms with van der Waals surface area (Å²) in [5.41, 5.74) is -0.498. The van der Waals surface area contributed by atoms with Gasteiger partial charge in [-0.05, 0) is 27.7 Å². The number of cyclic esters (lactones) is 1. The van der Waals surface area contributed by atoms with E-state index in [1.807, 2.05) is 41.5 Å². The van der Waals surface area contributed by atoms with Gasteiger partial charge in [0.05, 0.1) is 6.04 Å². The highest BCUT2D eigenvalue weighted by atomic mass is 16.6. The molecule has 2 heterocycles. The van der Waals surface area contributed by atoms with Crippen molar-refractivity contribution in [3.63, 3.8) is 0 Å². The predicted octanol–water partition coefficient (Wildman–Crippen LogP) is 2.47. The van der Waals surface area contributed by atoms with E-state index in [1.54, 1.807) is 9.80 Å². The van der Waals surface area contributed by atoms with Gasteiger partial charge in [-0.2, -0.15) is 0 Å². The number of nitrogens with zero attached hydrogens (tertiary/aromatic N) is 2. The normalized spacial score (nSPS) is 25.4. The van der Waals surface area contributed by atoms with E-state index in [4.69, 9.17) is 9.47 Å². The van der Waals surface area contributed by atoms with Crippen molar-refractivity contribution >= 4 is 12.2 Å². The number of carbonyl (C=O) groups is 2. The molecule has 0 aliphatic carbocycles. The van der Waals surface area contributed by atoms with Crippen LogP contribution in [0.3, 0.4) is 0 Å². The SMILES string of the molecule is CC.CC1OC(=O)N2CCN(C(=O)OC(C)(C)C)C[C@@H]12. The highest BCUT2D eigenvalue weighted by molar-refractivity contribution is 5.73. The van der Waals surface area contributed by atoms with Crippen LogP contribution in [-0.2, 0) is 9.47 Å². The smallest absolute Gasteiger partial charge is 0.410 e. The van der Waals surface area contributed by atoms with Gasteiger partial charge in [0.1, 0.15) is 11.7 Å². The van der Waals surface area contributed by atoms with E-state index in [1.165, 1.54) is 0 Å². The summed E-state index contributed by atoms with van der Waals surface area (Å²) >= 11 is 0. The summed E-state index contributed by atoms with van der Waals surface area (Å²) in [5.74, 6) is 0. The summed E-state index contributed by atoms with van der Waals surface area (Å²) < 4.78 is 10.5. The minimum Gasteiger partial charge on any atom is -0.444 e. The molecule has 0 spiro atoms. The Morgan fingerprint density at radius 3 is 2.45 bits per heavy atom. The van der Waals surface area contributed by atoms with Crippen LogP contribution in [0, 0.1) is 0 Å². The maximum atomic E-state index is 11.9. The fourth-order valence-corrected chi connectivity index (χ4v) is 2.24. The van der Waals surface area contributed by atoms with Gasteiger partial charge in [-0.3, -0.25) is 4.90 Å². The number of carbonyl (C=O) groups excluding carboxylic acids is 2. The van der Waals surface area contributed by atoms with Gasteiger partial charge >= 0.3 is 12.2 Å². The summed E-state index contributed by atoms with van der Waals surface area (Å²) in [6.45, 7) is 12.8. The zero-order valence-electron chi connectivity index (χ0n) is 13.3. The first-order valence-corrected chi connectivity index (χ1v) is 7.23. The van der Waals surface area contributed by atoms with Crippen LogP contribution in [0.1, 0.15) is 41.5 Å². The lowest BCUT2D eigenvalue weighted by Crippen LogP contribution is -2.55. The summed E-state index contributed by atoms with van der Waals surface area (Å²) in [6.07, 6.45) is -0.784. The quantitative estimate of drug-likeness (QED) is 0.686. The maximum Gasteiger partial charge on any atom is 0.410 e. The van der Waals surface area contributed by atoms with Crippen molar-refractivity contribution in [1.82, 2.24) is 9.80 Å². The second-order valence-electron chi connectivity index (χ2n) is 5.78. The number of fused-ring (bicyclic) bond motifs is 1. The number of ether oxygens (including phenoxy) is 2. The van der Waals surface area contributed by atoms with Crippen molar-refractivity contribution in [2.24, 2.45) is 0 Å². The van der Waals surface area contributed by atoms with Gasteiger partial charge < -0.3 is 14.4 Å². The lowest BCUT2D eigenvalue weighted by Gasteiger charge is -2.37. The first-order chi connectivity index (χ1) is 9.28. The third-order valence-corrected chi connectivity index (χ3v) is 3.13. The van der Waals surface area contributed by atoms with Gasteiger partial charge in [-0.15, -0.1) is 0 Å². The molecule has 6 nitrogen and oxygen atoms in total. The van der Waals surface area contributed by atoms with E-state index in [0.29, 0.717) is 19.6 Å². The molecule has 2 saturated heterocycles. The molecule has 0 saturated carbocycles. The first kappa shape index (κ1) is 16.6. The van der Waals surface area contributed by atoms with E-state index >= 15 is 0 Å². The summed E-state index contributed by atoms with van der Waals surface area (Å²) in [7, 11) is 0. The third-order valence-electron chi connectivity index (χ3n) is 3.13. The van der Waals surface area contributed by atoms with Gasteiger partial charge in [0, 0.05) is 19.6 Å². The van der Waals surface area contributed by atoms with Crippen molar-refractivity contribution in [3.8, 4) is 0 Å². The van der Waals surface area contributed by atoms with Crippen LogP contribution >= 0.6 is 0 Å². The number of piperazine rings is 1. The van der Waals surface area contributed by atoms with Gasteiger partial charge in [0.2, 0.25) is 0 Å². The molecule has 0 radical (unpaired) electrons. The molecule has 1 unspecified atom stereocenters. The Hall–Kier alpha value is -1.46. The molecule has 0 aromatic carbocycles. The number of hydrogen-bond acceptors (Lipinski definition) is 4. The Morgan fingerprint density at radius 1 is 1.30 bits per heavy atom. The van der Waals surface area contributed by atoms with Crippen LogP contribution in [0.15, 0.2) is 0 Å². The average molecular weight is 286 g/mol. The summed E-state index contributed by atoms with van der Waals surface area (Å²) in [6, 6.07) is -0.0567. The van der Waals surface area contributed by atoms with Crippen LogP contribution in [0.25, 0.3) is 0 Å². The monoisotopic (exact) mass is 286 g/mol. The average Bonchev–Trinajstić information content (AvgIpc) is 2.65. The molecule has 0 aromatic heterocycles. The van der Waals surface area contributed by atoms with Gasteiger partial charge in [0.25, 0.3) is 0 Å². The summed E-state index contributed by atoms with van der Waals surface area (Å²) in [5, 5.41) is 0. The minimum absolute atomic E-state index is 0.0567. The second kappa shape index (κ2) is 6.33. The van der Waals surface area contributed by atoms with Crippen molar-refractivity contribution in [2.75, 3.05) is 19.6 Å². The molecular weight excluding hydrogens is 260 g/mol. The maximum absolute atomic E-state index is 11.9.